The fourth-order valence-electron chi connectivity index (χ4n) is 5.51. The van der Waals surface area contributed by atoms with E-state index in [9.17, 15) is 4.79 Å². The highest BCUT2D eigenvalue weighted by molar-refractivity contribution is 6.41. The first-order chi connectivity index (χ1) is 20.9. The Morgan fingerprint density at radius 1 is 1.02 bits per heavy atom. The minimum absolute atomic E-state index is 0.0355. The molecular weight excluding hydrogens is 587 g/mol. The zero-order valence-corrected chi connectivity index (χ0v) is 25.5. The van der Waals surface area contributed by atoms with Gasteiger partial charge in [0.25, 0.3) is 0 Å². The van der Waals surface area contributed by atoms with Crippen LogP contribution in [-0.2, 0) is 4.79 Å². The molecule has 43 heavy (non-hydrogen) atoms. The van der Waals surface area contributed by atoms with Crippen LogP contribution in [0.3, 0.4) is 0 Å². The Morgan fingerprint density at radius 3 is 2.40 bits per heavy atom. The van der Waals surface area contributed by atoms with Crippen LogP contribution in [0.25, 0.3) is 38.9 Å². The summed E-state index contributed by atoms with van der Waals surface area (Å²) in [6, 6.07) is 13.9. The molecule has 5 aromatic rings. The number of carbonyl (C=O) groups is 1. The number of methoxy groups -OCH3 is 2. The quantitative estimate of drug-likeness (QED) is 0.211. The molecule has 0 spiro atoms. The highest BCUT2D eigenvalue weighted by Crippen LogP contribution is 2.48. The molecule has 1 aliphatic heterocycles. The summed E-state index contributed by atoms with van der Waals surface area (Å²) in [5.74, 6) is 1.57. The van der Waals surface area contributed by atoms with E-state index >= 15 is 0 Å². The first-order valence-electron chi connectivity index (χ1n) is 13.7. The summed E-state index contributed by atoms with van der Waals surface area (Å²) in [6.07, 6.45) is 5.19. The lowest BCUT2D eigenvalue weighted by atomic mass is 10.0. The normalized spacial score (nSPS) is 13.4. The minimum atomic E-state index is -0.0355. The van der Waals surface area contributed by atoms with Crippen molar-refractivity contribution >= 4 is 57.2 Å². The maximum atomic E-state index is 12.1. The number of carbonyl (C=O) groups excluding carboxylic acids is 1. The monoisotopic (exact) mass is 616 g/mol. The minimum Gasteiger partial charge on any atom is -0.495 e. The van der Waals surface area contributed by atoms with Crippen molar-refractivity contribution < 1.29 is 14.3 Å². The molecule has 1 amide bonds. The van der Waals surface area contributed by atoms with E-state index in [1.165, 1.54) is 6.08 Å². The Balaban J connectivity index is 1.51. The Labute approximate surface area is 259 Å². The van der Waals surface area contributed by atoms with Crippen LogP contribution in [0.5, 0.6) is 11.5 Å². The first-order valence-corrected chi connectivity index (χ1v) is 14.5. The number of pyridine rings is 2. The summed E-state index contributed by atoms with van der Waals surface area (Å²) in [6.45, 7) is 6.37. The van der Waals surface area contributed by atoms with Gasteiger partial charge in [0.05, 0.1) is 35.5 Å². The molecule has 11 heteroatoms. The number of hydrogen-bond acceptors (Lipinski definition) is 7. The third kappa shape index (κ3) is 5.08. The van der Waals surface area contributed by atoms with Gasteiger partial charge in [0.15, 0.2) is 0 Å². The molecule has 1 fully saturated rings. The summed E-state index contributed by atoms with van der Waals surface area (Å²) in [4.78, 5) is 25.8. The van der Waals surface area contributed by atoms with E-state index < -0.39 is 0 Å². The lowest BCUT2D eigenvalue weighted by molar-refractivity contribution is -0.126. The Kier molecular flexibility index (Phi) is 7.77. The number of ether oxygens (including phenoxy) is 2. The summed E-state index contributed by atoms with van der Waals surface area (Å²) in [7, 11) is 4.93. The molecule has 0 aliphatic carbocycles. The molecule has 0 bridgehead atoms. The van der Waals surface area contributed by atoms with Gasteiger partial charge in [0.2, 0.25) is 5.91 Å². The average Bonchev–Trinajstić information content (AvgIpc) is 3.51. The van der Waals surface area contributed by atoms with Gasteiger partial charge in [-0.05, 0) is 24.3 Å². The van der Waals surface area contributed by atoms with Crippen molar-refractivity contribution in [3.05, 3.63) is 77.6 Å². The second-order valence-corrected chi connectivity index (χ2v) is 10.9. The van der Waals surface area contributed by atoms with E-state index in [1.54, 1.807) is 26.5 Å². The number of nitrogens with zero attached hydrogens (tertiary/aromatic N) is 5. The Morgan fingerprint density at radius 2 is 1.74 bits per heavy atom. The molecule has 3 aromatic heterocycles. The number of fused-ring (bicyclic) bond motifs is 3. The van der Waals surface area contributed by atoms with Crippen molar-refractivity contribution in [1.82, 2.24) is 19.3 Å². The van der Waals surface area contributed by atoms with Crippen LogP contribution >= 0.6 is 23.2 Å². The molecule has 0 saturated carbocycles. The van der Waals surface area contributed by atoms with Crippen molar-refractivity contribution in [2.24, 2.45) is 0 Å². The summed E-state index contributed by atoms with van der Waals surface area (Å²) in [5.41, 5.74) is 5.64. The highest BCUT2D eigenvalue weighted by atomic mass is 35.5. The summed E-state index contributed by atoms with van der Waals surface area (Å²) < 4.78 is 13.1. The topological polar surface area (TPSA) is 84.2 Å². The van der Waals surface area contributed by atoms with E-state index in [-0.39, 0.29) is 5.91 Å². The van der Waals surface area contributed by atoms with E-state index in [0.717, 1.165) is 46.8 Å². The number of piperazine rings is 1. The van der Waals surface area contributed by atoms with E-state index in [0.29, 0.717) is 51.4 Å². The van der Waals surface area contributed by atoms with Crippen LogP contribution in [-0.4, -0.2) is 72.6 Å². The molecule has 2 aromatic carbocycles. The van der Waals surface area contributed by atoms with Gasteiger partial charge in [0.1, 0.15) is 23.0 Å². The summed E-state index contributed by atoms with van der Waals surface area (Å²) >= 11 is 13.8. The molecule has 4 heterocycles. The number of rotatable bonds is 7. The lowest BCUT2D eigenvalue weighted by Crippen LogP contribution is -2.48. The van der Waals surface area contributed by atoms with Gasteiger partial charge in [-0.1, -0.05) is 41.9 Å². The van der Waals surface area contributed by atoms with Crippen molar-refractivity contribution in [2.75, 3.05) is 57.7 Å². The number of imidazole rings is 1. The van der Waals surface area contributed by atoms with Gasteiger partial charge >= 0.3 is 0 Å². The van der Waals surface area contributed by atoms with Crippen molar-refractivity contribution in [3.8, 4) is 33.9 Å². The fraction of sp³-hybridized carbons (Fsp3) is 0.219. The zero-order chi connectivity index (χ0) is 30.2. The van der Waals surface area contributed by atoms with Crippen LogP contribution in [0, 0.1) is 0 Å². The van der Waals surface area contributed by atoms with Crippen LogP contribution in [0.2, 0.25) is 10.0 Å². The van der Waals surface area contributed by atoms with E-state index in [1.807, 2.05) is 46.8 Å². The van der Waals surface area contributed by atoms with E-state index in [2.05, 4.69) is 33.9 Å². The second kappa shape index (κ2) is 11.7. The van der Waals surface area contributed by atoms with Gasteiger partial charge < -0.3 is 24.6 Å². The van der Waals surface area contributed by atoms with E-state index in [4.69, 9.17) is 37.7 Å². The van der Waals surface area contributed by atoms with Crippen LogP contribution in [0.15, 0.2) is 67.5 Å². The standard InChI is InChI=1S/C32H30Cl2N6O3/c1-5-28(41)39-11-9-38(10-12-39)21-8-6-7-19(13-21)23-18-40-24-15-27(35-2)36-17-20(24)14-22(32(40)37-23)29-30(33)25(42-3)16-26(43-4)31(29)34/h5-8,13-18H,1,9-12H2,2-4H3,(H,35,36). The predicted molar refractivity (Wildman–Crippen MR) is 173 cm³/mol. The third-order valence-electron chi connectivity index (χ3n) is 7.79. The number of amides is 1. The molecule has 0 unspecified atom stereocenters. The lowest BCUT2D eigenvalue weighted by Gasteiger charge is -2.35. The number of anilines is 2. The average molecular weight is 618 g/mol. The van der Waals surface area contributed by atoms with Crippen LogP contribution in [0.4, 0.5) is 11.5 Å². The number of hydrogen-bond donors (Lipinski definition) is 1. The van der Waals surface area contributed by atoms with Crippen molar-refractivity contribution in [3.63, 3.8) is 0 Å². The van der Waals surface area contributed by atoms with Gasteiger partial charge in [-0.3, -0.25) is 9.20 Å². The molecule has 1 aliphatic rings. The van der Waals surface area contributed by atoms with Gasteiger partial charge in [0, 0.05) is 85.5 Å². The molecule has 0 radical (unpaired) electrons. The molecular formula is C32H30Cl2N6O3. The number of halogens is 2. The third-order valence-corrected chi connectivity index (χ3v) is 8.54. The smallest absolute Gasteiger partial charge is 0.246 e. The number of benzene rings is 2. The maximum absolute atomic E-state index is 12.1. The van der Waals surface area contributed by atoms with Crippen LogP contribution < -0.4 is 19.7 Å². The number of nitrogens with one attached hydrogen (secondary N) is 1. The Hall–Kier alpha value is -4.47. The first kappa shape index (κ1) is 28.6. The molecule has 0 atom stereocenters. The maximum Gasteiger partial charge on any atom is 0.246 e. The SMILES string of the molecule is C=CC(=O)N1CCN(c2cccc(-c3cn4c(n3)c(-c3c(Cl)c(OC)cc(OC)c3Cl)cc3cnc(NC)cc34)c2)CC1. The molecule has 1 N–H and O–H groups in total. The predicted octanol–water partition coefficient (Wildman–Crippen LogP) is 6.42. The van der Waals surface area contributed by atoms with Gasteiger partial charge in [-0.15, -0.1) is 0 Å². The van der Waals surface area contributed by atoms with Crippen molar-refractivity contribution in [1.29, 1.82) is 0 Å². The van der Waals surface area contributed by atoms with Gasteiger partial charge in [-0.25, -0.2) is 9.97 Å². The molecule has 1 saturated heterocycles. The fourth-order valence-corrected chi connectivity index (χ4v) is 6.21. The largest absolute Gasteiger partial charge is 0.495 e. The number of aromatic nitrogens is 3. The zero-order valence-electron chi connectivity index (χ0n) is 24.0. The van der Waals surface area contributed by atoms with Crippen LogP contribution in [0.1, 0.15) is 0 Å². The summed E-state index contributed by atoms with van der Waals surface area (Å²) in [5, 5.41) is 4.71. The highest BCUT2D eigenvalue weighted by Gasteiger charge is 2.24. The van der Waals surface area contributed by atoms with Crippen molar-refractivity contribution in [2.45, 2.75) is 0 Å². The molecule has 6 rings (SSSR count). The molecule has 9 nitrogen and oxygen atoms in total. The Bertz CT molecular complexity index is 1850. The second-order valence-electron chi connectivity index (χ2n) is 10.1. The van der Waals surface area contributed by atoms with Gasteiger partial charge in [-0.2, -0.15) is 0 Å². The molecule has 220 valence electrons.